The van der Waals surface area contributed by atoms with Gasteiger partial charge in [0.25, 0.3) is 0 Å². The molecular weight excluding hydrogens is 510 g/mol. The first kappa shape index (κ1) is 29.7. The van der Waals surface area contributed by atoms with Gasteiger partial charge in [0.05, 0.1) is 11.1 Å². The fourth-order valence-electron chi connectivity index (χ4n) is 1.50. The molecule has 0 aliphatic carbocycles. The summed E-state index contributed by atoms with van der Waals surface area (Å²) in [5.41, 5.74) is -1.47. The van der Waals surface area contributed by atoms with Crippen molar-refractivity contribution in [2.24, 2.45) is 20.4 Å². The maximum Gasteiger partial charge on any atom is 0.431 e. The monoisotopic (exact) mass is 527 g/mol. The minimum absolute atomic E-state index is 0. The summed E-state index contributed by atoms with van der Waals surface area (Å²) < 4.78 is 72.2. The van der Waals surface area contributed by atoms with Crippen LogP contribution in [-0.4, -0.2) is 55.8 Å². The molecule has 0 fully saturated rings. The van der Waals surface area contributed by atoms with Gasteiger partial charge in [-0.05, 0) is 38.1 Å². The number of aromatic nitrogens is 2. The number of hydrogen-bond donors (Lipinski definition) is 0. The van der Waals surface area contributed by atoms with E-state index in [-0.39, 0.29) is 28.9 Å². The van der Waals surface area contributed by atoms with Gasteiger partial charge in [0.1, 0.15) is 11.4 Å². The molecule has 8 nitrogen and oxygen atoms in total. The third-order valence-electron chi connectivity index (χ3n) is 3.33. The first-order valence-electron chi connectivity index (χ1n) is 8.45. The largest absolute Gasteiger partial charge is 0.577 e. The molecule has 2 aromatic rings. The van der Waals surface area contributed by atoms with E-state index >= 15 is 0 Å². The molecule has 2 aromatic heterocycles. The number of alkyl halides is 6. The second-order valence-electron chi connectivity index (χ2n) is 5.74. The van der Waals surface area contributed by atoms with Crippen molar-refractivity contribution in [2.75, 3.05) is 0 Å². The summed E-state index contributed by atoms with van der Waals surface area (Å²) in [6, 6.07) is 5.85. The first-order chi connectivity index (χ1) is 14.8. The Kier molecular flexibility index (Phi) is 11.9. The Labute approximate surface area is 194 Å². The van der Waals surface area contributed by atoms with Crippen LogP contribution in [0, 0.1) is 0 Å². The topological polar surface area (TPSA) is 121 Å². The van der Waals surface area contributed by atoms with Crippen LogP contribution in [-0.2, 0) is 17.1 Å². The van der Waals surface area contributed by atoms with Crippen LogP contribution >= 0.6 is 0 Å². The van der Waals surface area contributed by atoms with Gasteiger partial charge in [-0.2, -0.15) is 26.3 Å². The molecular formula is C18H18CuF6N6O2+2. The van der Waals surface area contributed by atoms with Crippen LogP contribution in [0.15, 0.2) is 69.5 Å². The molecule has 0 aliphatic heterocycles. The fraction of sp³-hybridized carbons (Fsp3) is 0.222. The van der Waals surface area contributed by atoms with Crippen LogP contribution in [0.4, 0.5) is 26.3 Å². The normalized spacial score (nSPS) is 13.6. The Morgan fingerprint density at radius 1 is 0.636 bits per heavy atom. The standard InChI is InChI=1S/2C9H8F3N3O.Cu/c2*1-6(9(10,11)12)14-15-8(16)7-2-4-13-5-3-7;/h2*2-5H,1H3,(H,15,16);/p+2/b2*14-6-;. The maximum atomic E-state index is 12.0. The van der Waals surface area contributed by atoms with Gasteiger partial charge in [0.15, 0.2) is 0 Å². The van der Waals surface area contributed by atoms with Crippen LogP contribution < -0.4 is 0 Å². The molecule has 183 valence electrons. The molecule has 15 heteroatoms. The Hall–Kier alpha value is -3.32. The molecule has 0 amide bonds. The van der Waals surface area contributed by atoms with E-state index in [9.17, 15) is 26.3 Å². The molecule has 0 spiro atoms. The van der Waals surface area contributed by atoms with E-state index in [4.69, 9.17) is 10.2 Å². The van der Waals surface area contributed by atoms with Crippen LogP contribution in [0.1, 0.15) is 25.0 Å². The fourth-order valence-corrected chi connectivity index (χ4v) is 1.50. The van der Waals surface area contributed by atoms with Crippen molar-refractivity contribution in [1.29, 1.82) is 0 Å². The van der Waals surface area contributed by atoms with Crippen LogP contribution in [0.5, 0.6) is 0 Å². The molecule has 33 heavy (non-hydrogen) atoms. The number of rotatable bonds is 4. The van der Waals surface area contributed by atoms with Crippen molar-refractivity contribution in [3.8, 4) is 0 Å². The summed E-state index contributed by atoms with van der Waals surface area (Å²) in [4.78, 5) is 7.42. The minimum atomic E-state index is -4.51. The summed E-state index contributed by atoms with van der Waals surface area (Å²) in [7, 11) is 0. The predicted molar refractivity (Wildman–Crippen MR) is 107 cm³/mol. The summed E-state index contributed by atoms with van der Waals surface area (Å²) in [6.45, 7) is 1.59. The molecule has 0 saturated heterocycles. The summed E-state index contributed by atoms with van der Waals surface area (Å²) in [5, 5.41) is 27.0. The number of pyridine rings is 2. The van der Waals surface area contributed by atoms with E-state index in [1.54, 1.807) is 0 Å². The summed E-state index contributed by atoms with van der Waals surface area (Å²) in [6.07, 6.45) is -3.36. The van der Waals surface area contributed by atoms with Gasteiger partial charge < -0.3 is 10.2 Å². The molecule has 1 radical (unpaired) electrons. The predicted octanol–water partition coefficient (Wildman–Crippen LogP) is 2.98. The van der Waals surface area contributed by atoms with Crippen molar-refractivity contribution in [1.82, 2.24) is 9.97 Å². The van der Waals surface area contributed by atoms with E-state index in [0.717, 1.165) is 13.8 Å². The number of nitrogens with zero attached hydrogens (tertiary/aromatic N) is 6. The van der Waals surface area contributed by atoms with E-state index in [1.807, 2.05) is 0 Å². The van der Waals surface area contributed by atoms with Crippen LogP contribution in [0.3, 0.4) is 0 Å². The van der Waals surface area contributed by atoms with Crippen LogP contribution in [0.2, 0.25) is 0 Å². The molecule has 0 saturated carbocycles. The number of hydrogen-bond acceptors (Lipinski definition) is 6. The van der Waals surface area contributed by atoms with Gasteiger partial charge in [0.2, 0.25) is 0 Å². The van der Waals surface area contributed by atoms with Gasteiger partial charge in [-0.25, -0.2) is 0 Å². The average Bonchev–Trinajstić information content (AvgIpc) is 2.75. The second-order valence-corrected chi connectivity index (χ2v) is 5.74. The zero-order valence-electron chi connectivity index (χ0n) is 16.9. The summed E-state index contributed by atoms with van der Waals surface area (Å²) in [5.74, 6) is -0.683. The molecule has 0 atom stereocenters. The van der Waals surface area contributed by atoms with E-state index < -0.39 is 23.8 Å². The van der Waals surface area contributed by atoms with Crippen molar-refractivity contribution >= 4 is 23.2 Å². The van der Waals surface area contributed by atoms with Crippen molar-refractivity contribution in [3.05, 3.63) is 60.2 Å². The number of halogens is 6. The van der Waals surface area contributed by atoms with Crippen molar-refractivity contribution < 1.29 is 53.6 Å². The van der Waals surface area contributed by atoms with Crippen LogP contribution in [0.25, 0.3) is 0 Å². The van der Waals surface area contributed by atoms with E-state index in [0.29, 0.717) is 11.1 Å². The first-order valence-corrected chi connectivity index (χ1v) is 8.45. The SMILES string of the molecule is C/C(=N/N=C(\[OH2+])c1ccncc1)C(F)(F)F.C/C(=N/N=C(\[OH2+])c1ccncc1)C(F)(F)F.[Cu]. The maximum absolute atomic E-state index is 12.0. The Balaban J connectivity index is 0.000000602. The zero-order valence-corrected chi connectivity index (χ0v) is 17.8. The Bertz CT molecular complexity index is 911. The Morgan fingerprint density at radius 2 is 0.909 bits per heavy atom. The smallest absolute Gasteiger partial charge is 0.431 e. The molecule has 0 aliphatic rings. The van der Waals surface area contributed by atoms with Gasteiger partial charge in [-0.15, -0.1) is 10.2 Å². The molecule has 0 unspecified atom stereocenters. The minimum Gasteiger partial charge on any atom is -0.577 e. The third kappa shape index (κ3) is 11.2. The molecule has 4 N–H and O–H groups in total. The van der Waals surface area contributed by atoms with Gasteiger partial charge >= 0.3 is 24.1 Å². The van der Waals surface area contributed by atoms with E-state index in [2.05, 4.69) is 30.4 Å². The van der Waals surface area contributed by atoms with Gasteiger partial charge in [-0.1, -0.05) is 10.2 Å². The molecule has 0 aromatic carbocycles. The average molecular weight is 528 g/mol. The Morgan fingerprint density at radius 3 is 1.15 bits per heavy atom. The molecule has 2 rings (SSSR count). The van der Waals surface area contributed by atoms with Crippen molar-refractivity contribution in [2.45, 2.75) is 26.2 Å². The third-order valence-corrected chi connectivity index (χ3v) is 3.33. The van der Waals surface area contributed by atoms with Crippen molar-refractivity contribution in [3.63, 3.8) is 0 Å². The molecule has 0 bridgehead atoms. The van der Waals surface area contributed by atoms with Gasteiger partial charge in [-0.3, -0.25) is 9.97 Å². The quantitative estimate of drug-likeness (QED) is 0.152. The summed E-state index contributed by atoms with van der Waals surface area (Å²) >= 11 is 0. The molecule has 2 heterocycles. The zero-order chi connectivity index (χ0) is 24.4. The second kappa shape index (κ2) is 13.3. The van der Waals surface area contributed by atoms with Gasteiger partial charge in [0, 0.05) is 41.9 Å². The van der Waals surface area contributed by atoms with E-state index in [1.165, 1.54) is 49.1 Å².